The fraction of sp³-hybridized carbons (Fsp3) is 0. The van der Waals surface area contributed by atoms with Crippen LogP contribution in [-0.2, 0) is 0 Å². The number of rotatable bonds is 7. The molecule has 13 aromatic rings. The SMILES string of the molecule is c1ccc(-c2cc(-c3cccc(-c4cccc(-c5cccc6c5sc5ccccc56)c4)c3)cc(-c3cc(-c4ccccc4)cc(-c4ccc5c6ccccc6c6ccccc6c5c4)c3)c2)cc1. The van der Waals surface area contributed by atoms with Crippen molar-refractivity contribution in [1.29, 1.82) is 0 Å². The Bertz CT molecular complexity index is 3990. The molecule has 0 saturated carbocycles. The van der Waals surface area contributed by atoms with Gasteiger partial charge in [-0.05, 0) is 171 Å². The average molecular weight is 867 g/mol. The van der Waals surface area contributed by atoms with Crippen LogP contribution in [0.2, 0.25) is 0 Å². The largest absolute Gasteiger partial charge is 0.135 e. The van der Waals surface area contributed by atoms with Crippen LogP contribution in [0.4, 0.5) is 0 Å². The summed E-state index contributed by atoms with van der Waals surface area (Å²) in [5.41, 5.74) is 16.8. The van der Waals surface area contributed by atoms with Gasteiger partial charge in [0.1, 0.15) is 0 Å². The predicted octanol–water partition coefficient (Wildman–Crippen LogP) is 19.2. The lowest BCUT2D eigenvalue weighted by molar-refractivity contribution is 1.55. The smallest absolute Gasteiger partial charge is 0.0433 e. The molecule has 0 unspecified atom stereocenters. The number of thiophene rings is 1. The standard InChI is InChI=1S/C66H42S/c1-3-16-43(17-4-1)50-36-52(47-22-13-20-45(34-47)46-21-14-23-49(35-46)56-29-15-30-63-62-28-11-12-31-65(62)67-66(56)63)40-54(38-50)55-39-51(44-18-5-2-6-19-44)37-53(41-55)48-32-33-61-59-26-8-7-24-57(59)58-25-9-10-27-60(58)64(61)42-48/h1-42H. The maximum Gasteiger partial charge on any atom is 0.0433 e. The van der Waals surface area contributed by atoms with E-state index in [0.29, 0.717) is 0 Å². The van der Waals surface area contributed by atoms with E-state index in [1.165, 1.54) is 130 Å². The van der Waals surface area contributed by atoms with Crippen molar-refractivity contribution >= 4 is 63.8 Å². The molecule has 0 bridgehead atoms. The fourth-order valence-corrected chi connectivity index (χ4v) is 11.6. The molecule has 0 aliphatic heterocycles. The summed E-state index contributed by atoms with van der Waals surface area (Å²) in [4.78, 5) is 0. The number of hydrogen-bond acceptors (Lipinski definition) is 1. The van der Waals surface area contributed by atoms with Gasteiger partial charge in [0.05, 0.1) is 0 Å². The molecular weight excluding hydrogens is 825 g/mol. The molecule has 0 saturated heterocycles. The highest BCUT2D eigenvalue weighted by molar-refractivity contribution is 7.26. The molecule has 0 aliphatic rings. The molecule has 0 N–H and O–H groups in total. The zero-order chi connectivity index (χ0) is 44.3. The van der Waals surface area contributed by atoms with E-state index in [9.17, 15) is 0 Å². The molecule has 13 rings (SSSR count). The van der Waals surface area contributed by atoms with Gasteiger partial charge in [-0.15, -0.1) is 11.3 Å². The Balaban J connectivity index is 0.956. The maximum absolute atomic E-state index is 2.41. The van der Waals surface area contributed by atoms with Gasteiger partial charge in [0, 0.05) is 20.2 Å². The second-order valence-electron chi connectivity index (χ2n) is 17.6. The Morgan fingerprint density at radius 2 is 0.522 bits per heavy atom. The van der Waals surface area contributed by atoms with E-state index in [1.54, 1.807) is 0 Å². The van der Waals surface area contributed by atoms with E-state index in [0.717, 1.165) is 0 Å². The van der Waals surface area contributed by atoms with Gasteiger partial charge in [-0.3, -0.25) is 0 Å². The summed E-state index contributed by atoms with van der Waals surface area (Å²) in [7, 11) is 0. The molecule has 0 fully saturated rings. The van der Waals surface area contributed by atoms with E-state index in [4.69, 9.17) is 0 Å². The molecule has 312 valence electrons. The first-order valence-corrected chi connectivity index (χ1v) is 23.9. The molecule has 0 nitrogen and oxygen atoms in total. The molecule has 0 spiro atoms. The minimum atomic E-state index is 1.18. The van der Waals surface area contributed by atoms with Crippen LogP contribution in [-0.4, -0.2) is 0 Å². The van der Waals surface area contributed by atoms with E-state index >= 15 is 0 Å². The Kier molecular flexibility index (Phi) is 9.48. The van der Waals surface area contributed by atoms with E-state index < -0.39 is 0 Å². The molecule has 67 heavy (non-hydrogen) atoms. The Morgan fingerprint density at radius 3 is 1.09 bits per heavy atom. The van der Waals surface area contributed by atoms with E-state index in [2.05, 4.69) is 255 Å². The minimum Gasteiger partial charge on any atom is -0.135 e. The first-order valence-electron chi connectivity index (χ1n) is 23.1. The molecule has 0 amide bonds. The Labute approximate surface area is 394 Å². The first-order chi connectivity index (χ1) is 33.2. The van der Waals surface area contributed by atoms with Crippen LogP contribution in [0.25, 0.3) is 130 Å². The summed E-state index contributed by atoms with van der Waals surface area (Å²) in [6, 6.07) is 94.2. The maximum atomic E-state index is 2.41. The van der Waals surface area contributed by atoms with Crippen molar-refractivity contribution < 1.29 is 0 Å². The van der Waals surface area contributed by atoms with Crippen molar-refractivity contribution in [3.63, 3.8) is 0 Å². The number of benzene rings is 12. The molecule has 1 heteroatoms. The third kappa shape index (κ3) is 7.00. The van der Waals surface area contributed by atoms with Crippen molar-refractivity contribution in [3.05, 3.63) is 255 Å². The monoisotopic (exact) mass is 866 g/mol. The van der Waals surface area contributed by atoms with Crippen LogP contribution < -0.4 is 0 Å². The normalized spacial score (nSPS) is 11.6. The summed E-state index contributed by atoms with van der Waals surface area (Å²) < 4.78 is 2.66. The van der Waals surface area contributed by atoms with E-state index in [-0.39, 0.29) is 0 Å². The lowest BCUT2D eigenvalue weighted by Gasteiger charge is -2.16. The molecular formula is C66H42S. The quantitative estimate of drug-likeness (QED) is 0.140. The van der Waals surface area contributed by atoms with Crippen molar-refractivity contribution in [3.8, 4) is 77.9 Å². The van der Waals surface area contributed by atoms with Gasteiger partial charge in [0.2, 0.25) is 0 Å². The number of fused-ring (bicyclic) bond motifs is 9. The summed E-state index contributed by atoms with van der Waals surface area (Å²) in [6.45, 7) is 0. The zero-order valence-corrected chi connectivity index (χ0v) is 37.5. The van der Waals surface area contributed by atoms with E-state index in [1.807, 2.05) is 11.3 Å². The molecule has 0 radical (unpaired) electrons. The number of hydrogen-bond donors (Lipinski definition) is 0. The van der Waals surface area contributed by atoms with Gasteiger partial charge in [0.25, 0.3) is 0 Å². The van der Waals surface area contributed by atoms with Crippen LogP contribution in [0, 0.1) is 0 Å². The summed E-state index contributed by atoms with van der Waals surface area (Å²) >= 11 is 1.88. The minimum absolute atomic E-state index is 1.18. The van der Waals surface area contributed by atoms with Crippen molar-refractivity contribution in [2.75, 3.05) is 0 Å². The van der Waals surface area contributed by atoms with Crippen LogP contribution in [0.15, 0.2) is 255 Å². The lowest BCUT2D eigenvalue weighted by atomic mass is 9.88. The summed E-state index contributed by atoms with van der Waals surface area (Å²) in [5, 5.41) is 10.3. The highest BCUT2D eigenvalue weighted by atomic mass is 32.1. The van der Waals surface area contributed by atoms with Crippen molar-refractivity contribution in [2.24, 2.45) is 0 Å². The summed E-state index contributed by atoms with van der Waals surface area (Å²) in [5.74, 6) is 0. The molecule has 0 atom stereocenters. The highest BCUT2D eigenvalue weighted by Gasteiger charge is 2.16. The van der Waals surface area contributed by atoms with Crippen LogP contribution in [0.5, 0.6) is 0 Å². The third-order valence-corrected chi connectivity index (χ3v) is 14.8. The van der Waals surface area contributed by atoms with Gasteiger partial charge in [-0.2, -0.15) is 0 Å². The van der Waals surface area contributed by atoms with Gasteiger partial charge in [0.15, 0.2) is 0 Å². The summed E-state index contributed by atoms with van der Waals surface area (Å²) in [6.07, 6.45) is 0. The molecule has 12 aromatic carbocycles. The average Bonchev–Trinajstić information content (AvgIpc) is 3.80. The van der Waals surface area contributed by atoms with Crippen LogP contribution >= 0.6 is 11.3 Å². The predicted molar refractivity (Wildman–Crippen MR) is 290 cm³/mol. The van der Waals surface area contributed by atoms with Gasteiger partial charge in [-0.1, -0.05) is 194 Å². The fourth-order valence-electron chi connectivity index (χ4n) is 10.3. The Morgan fingerprint density at radius 1 is 0.179 bits per heavy atom. The molecule has 0 aliphatic carbocycles. The molecule has 1 aromatic heterocycles. The van der Waals surface area contributed by atoms with Gasteiger partial charge >= 0.3 is 0 Å². The second-order valence-corrected chi connectivity index (χ2v) is 18.7. The van der Waals surface area contributed by atoms with Gasteiger partial charge in [-0.25, -0.2) is 0 Å². The van der Waals surface area contributed by atoms with Crippen molar-refractivity contribution in [2.45, 2.75) is 0 Å². The highest BCUT2D eigenvalue weighted by Crippen LogP contribution is 2.43. The lowest BCUT2D eigenvalue weighted by Crippen LogP contribution is -1.90. The van der Waals surface area contributed by atoms with Gasteiger partial charge < -0.3 is 0 Å². The van der Waals surface area contributed by atoms with Crippen LogP contribution in [0.3, 0.4) is 0 Å². The Hall–Kier alpha value is -8.36. The first kappa shape index (κ1) is 39.0. The topological polar surface area (TPSA) is 0 Å². The van der Waals surface area contributed by atoms with Crippen LogP contribution in [0.1, 0.15) is 0 Å². The van der Waals surface area contributed by atoms with Crippen molar-refractivity contribution in [1.82, 2.24) is 0 Å². The zero-order valence-electron chi connectivity index (χ0n) is 36.7. The second kappa shape index (κ2) is 16.3. The third-order valence-electron chi connectivity index (χ3n) is 13.6. The molecule has 1 heterocycles.